The first-order chi connectivity index (χ1) is 19.1. The number of methoxy groups -OCH3 is 1. The molecular weight excluding hydrogens is 532 g/mol. The van der Waals surface area contributed by atoms with Gasteiger partial charge in [-0.05, 0) is 50.2 Å². The maximum absolute atomic E-state index is 14.1. The predicted molar refractivity (Wildman–Crippen MR) is 140 cm³/mol. The van der Waals surface area contributed by atoms with E-state index in [-0.39, 0.29) is 24.4 Å². The Kier molecular flexibility index (Phi) is 7.92. The Bertz CT molecular complexity index is 1270. The molecule has 1 N–H and O–H groups in total. The number of piperazine rings is 1. The molecule has 2 amide bonds. The number of nitrogens with one attached hydrogen (secondary N) is 1. The third-order valence-electron chi connectivity index (χ3n) is 8.01. The molecule has 0 saturated carbocycles. The Morgan fingerprint density at radius 1 is 1.02 bits per heavy atom. The van der Waals surface area contributed by atoms with Crippen LogP contribution in [0.25, 0.3) is 0 Å². The maximum Gasteiger partial charge on any atom is 0.419 e. The quantitative estimate of drug-likeness (QED) is 0.557. The van der Waals surface area contributed by atoms with Gasteiger partial charge in [0.15, 0.2) is 0 Å². The Labute approximate surface area is 229 Å². The van der Waals surface area contributed by atoms with Crippen molar-refractivity contribution in [1.82, 2.24) is 9.80 Å². The molecule has 0 bridgehead atoms. The molecule has 0 aromatic heterocycles. The van der Waals surface area contributed by atoms with Gasteiger partial charge in [-0.15, -0.1) is 0 Å². The van der Waals surface area contributed by atoms with Gasteiger partial charge in [0.25, 0.3) is 5.91 Å². The number of piperidine rings is 1. The lowest BCUT2D eigenvalue weighted by Gasteiger charge is -2.40. The molecule has 0 spiro atoms. The van der Waals surface area contributed by atoms with Crippen LogP contribution in [0.5, 0.6) is 5.75 Å². The third-order valence-corrected chi connectivity index (χ3v) is 8.01. The van der Waals surface area contributed by atoms with Crippen LogP contribution in [0.15, 0.2) is 36.4 Å². The van der Waals surface area contributed by atoms with E-state index in [4.69, 9.17) is 9.47 Å². The zero-order valence-corrected chi connectivity index (χ0v) is 22.3. The summed E-state index contributed by atoms with van der Waals surface area (Å²) in [5.74, 6) is -2.38. The summed E-state index contributed by atoms with van der Waals surface area (Å²) in [4.78, 5) is 32.6. The first kappa shape index (κ1) is 28.2. The van der Waals surface area contributed by atoms with E-state index < -0.39 is 41.5 Å². The summed E-state index contributed by atoms with van der Waals surface area (Å²) in [5.41, 5.74) is -0.0648. The number of alkyl halides is 3. The number of fused-ring (bicyclic) bond motifs is 1. The molecule has 2 aromatic rings. The van der Waals surface area contributed by atoms with Gasteiger partial charge in [0.1, 0.15) is 11.6 Å². The molecule has 3 fully saturated rings. The van der Waals surface area contributed by atoms with Gasteiger partial charge in [-0.3, -0.25) is 9.59 Å². The number of benzene rings is 2. The molecule has 5 rings (SSSR count). The molecule has 3 heterocycles. The Morgan fingerprint density at radius 3 is 2.45 bits per heavy atom. The van der Waals surface area contributed by atoms with Crippen molar-refractivity contribution in [1.29, 1.82) is 0 Å². The summed E-state index contributed by atoms with van der Waals surface area (Å²) < 4.78 is 64.4. The summed E-state index contributed by atoms with van der Waals surface area (Å²) in [6, 6.07) is 7.39. The minimum Gasteiger partial charge on any atom is -0.494 e. The number of anilines is 2. The fourth-order valence-electron chi connectivity index (χ4n) is 5.77. The van der Waals surface area contributed by atoms with Gasteiger partial charge >= 0.3 is 6.18 Å². The fourth-order valence-corrected chi connectivity index (χ4v) is 5.77. The van der Waals surface area contributed by atoms with E-state index in [0.717, 1.165) is 37.9 Å². The summed E-state index contributed by atoms with van der Waals surface area (Å²) in [7, 11) is 3.63. The lowest BCUT2D eigenvalue weighted by molar-refractivity contribution is -0.140. The van der Waals surface area contributed by atoms with Gasteiger partial charge in [0.05, 0.1) is 36.4 Å². The fraction of sp³-hybridized carbons (Fsp3) is 0.500. The van der Waals surface area contributed by atoms with E-state index in [2.05, 4.69) is 22.2 Å². The molecule has 2 aromatic carbocycles. The number of carbonyl (C=O) groups excluding carboxylic acids is 2. The topological polar surface area (TPSA) is 74.4 Å². The number of likely N-dealkylation sites (tertiary alicyclic amines) is 1. The number of hydrogen-bond acceptors (Lipinski definition) is 6. The zero-order chi connectivity index (χ0) is 28.6. The van der Waals surface area contributed by atoms with Crippen molar-refractivity contribution in [3.8, 4) is 5.75 Å². The smallest absolute Gasteiger partial charge is 0.419 e. The van der Waals surface area contributed by atoms with Crippen LogP contribution >= 0.6 is 0 Å². The van der Waals surface area contributed by atoms with E-state index in [9.17, 15) is 27.2 Å². The van der Waals surface area contributed by atoms with E-state index in [1.165, 1.54) is 4.90 Å². The molecule has 3 aliphatic heterocycles. The normalized spacial score (nSPS) is 23.6. The van der Waals surface area contributed by atoms with E-state index >= 15 is 0 Å². The van der Waals surface area contributed by atoms with Crippen molar-refractivity contribution in [2.24, 2.45) is 5.92 Å². The van der Waals surface area contributed by atoms with E-state index in [1.54, 1.807) is 7.11 Å². The van der Waals surface area contributed by atoms with Crippen molar-refractivity contribution in [2.75, 3.05) is 63.7 Å². The van der Waals surface area contributed by atoms with Crippen molar-refractivity contribution in [2.45, 2.75) is 31.2 Å². The molecule has 0 aliphatic carbocycles. The number of halogens is 4. The number of nitrogens with zero attached hydrogens (tertiary/aromatic N) is 3. The Hall–Kier alpha value is -3.38. The lowest BCUT2D eigenvalue weighted by atomic mass is 9.86. The van der Waals surface area contributed by atoms with Crippen LogP contribution in [0.3, 0.4) is 0 Å². The highest BCUT2D eigenvalue weighted by Gasteiger charge is 2.47. The van der Waals surface area contributed by atoms with Crippen molar-refractivity contribution >= 4 is 23.2 Å². The van der Waals surface area contributed by atoms with Crippen molar-refractivity contribution in [3.63, 3.8) is 0 Å². The molecule has 12 heteroatoms. The highest BCUT2D eigenvalue weighted by Crippen LogP contribution is 2.37. The van der Waals surface area contributed by atoms with Crippen LogP contribution in [0.1, 0.15) is 28.8 Å². The molecule has 3 atom stereocenters. The summed E-state index contributed by atoms with van der Waals surface area (Å²) in [5, 5.41) is 2.95. The number of hydrogen-bond donors (Lipinski definition) is 1. The molecule has 216 valence electrons. The summed E-state index contributed by atoms with van der Waals surface area (Å²) in [6.45, 7) is 4.21. The molecule has 3 saturated heterocycles. The number of carbonyl (C=O) groups is 2. The molecule has 0 radical (unpaired) electrons. The molecule has 3 aliphatic rings. The second kappa shape index (κ2) is 11.2. The van der Waals surface area contributed by atoms with Gasteiger partial charge in [-0.1, -0.05) is 0 Å². The lowest BCUT2D eigenvalue weighted by Crippen LogP contribution is -2.55. The monoisotopic (exact) mass is 564 g/mol. The van der Waals surface area contributed by atoms with Gasteiger partial charge in [-0.2, -0.15) is 13.2 Å². The zero-order valence-electron chi connectivity index (χ0n) is 22.3. The van der Waals surface area contributed by atoms with Crippen LogP contribution in [0, 0.1) is 11.7 Å². The first-order valence-electron chi connectivity index (χ1n) is 13.3. The minimum absolute atomic E-state index is 0.177. The molecule has 0 unspecified atom stereocenters. The van der Waals surface area contributed by atoms with Crippen molar-refractivity contribution < 1.29 is 36.6 Å². The minimum atomic E-state index is -4.85. The van der Waals surface area contributed by atoms with Crippen LogP contribution in [-0.2, 0) is 15.7 Å². The van der Waals surface area contributed by atoms with Crippen LogP contribution < -0.4 is 15.0 Å². The number of likely N-dealkylation sites (N-methyl/N-ethyl adjacent to an activating group) is 1. The second-order valence-corrected chi connectivity index (χ2v) is 10.4. The molecule has 8 nitrogen and oxygen atoms in total. The number of rotatable bonds is 5. The van der Waals surface area contributed by atoms with Gasteiger partial charge in [0, 0.05) is 56.6 Å². The predicted octanol–water partition coefficient (Wildman–Crippen LogP) is 3.86. The van der Waals surface area contributed by atoms with E-state index in [1.807, 2.05) is 18.2 Å². The van der Waals surface area contributed by atoms with Gasteiger partial charge < -0.3 is 29.5 Å². The Morgan fingerprint density at radius 2 is 1.77 bits per heavy atom. The SMILES string of the molecule is COc1cc(N2CCN(C)CC2)ccc1NC(=O)[C@@H]1CCN(C(=O)c2ccc(C(F)(F)F)c(F)c2)[C@@H]2CCO[C@H]21. The maximum atomic E-state index is 14.1. The standard InChI is InChI=1S/C28H32F4N4O4/c1-34-10-12-35(13-11-34)18-4-6-22(24(16-18)39-2)33-26(37)19-7-9-36(23-8-14-40-25(19)23)27(38)17-3-5-20(21(29)15-17)28(30,31)32/h3-6,15-16,19,23,25H,7-14H2,1-2H3,(H,33,37)/t19-,23-,25+/m1/s1. The van der Waals surface area contributed by atoms with Gasteiger partial charge in [-0.25, -0.2) is 4.39 Å². The van der Waals surface area contributed by atoms with Gasteiger partial charge in [0.2, 0.25) is 5.91 Å². The Balaban J connectivity index is 1.27. The van der Waals surface area contributed by atoms with Crippen LogP contribution in [0.4, 0.5) is 28.9 Å². The second-order valence-electron chi connectivity index (χ2n) is 10.4. The average Bonchev–Trinajstić information content (AvgIpc) is 3.42. The largest absolute Gasteiger partial charge is 0.494 e. The first-order valence-corrected chi connectivity index (χ1v) is 13.3. The highest BCUT2D eigenvalue weighted by molar-refractivity contribution is 5.97. The molecular formula is C28H32F4N4O4. The molecule has 40 heavy (non-hydrogen) atoms. The van der Waals surface area contributed by atoms with Crippen LogP contribution in [0.2, 0.25) is 0 Å². The third kappa shape index (κ3) is 5.60. The highest BCUT2D eigenvalue weighted by atomic mass is 19.4. The van der Waals surface area contributed by atoms with E-state index in [0.29, 0.717) is 36.6 Å². The summed E-state index contributed by atoms with van der Waals surface area (Å²) in [6.07, 6.45) is -4.70. The average molecular weight is 565 g/mol. The summed E-state index contributed by atoms with van der Waals surface area (Å²) >= 11 is 0. The van der Waals surface area contributed by atoms with Crippen molar-refractivity contribution in [3.05, 3.63) is 53.3 Å². The number of ether oxygens (including phenoxy) is 2. The number of amides is 2. The van der Waals surface area contributed by atoms with Crippen LogP contribution in [-0.4, -0.2) is 87.2 Å².